The van der Waals surface area contributed by atoms with E-state index in [-0.39, 0.29) is 4.90 Å². The van der Waals surface area contributed by atoms with Crippen LogP contribution < -0.4 is 5.06 Å². The number of carbonyl (C=O) groups is 1. The van der Waals surface area contributed by atoms with Crippen LogP contribution in [-0.2, 0) is 19.6 Å². The Kier molecular flexibility index (Phi) is 5.66. The second-order valence-corrected chi connectivity index (χ2v) is 11.6. The molecule has 2 aromatic carbocycles. The highest BCUT2D eigenvalue weighted by Gasteiger charge is 2.32. The summed E-state index contributed by atoms with van der Waals surface area (Å²) in [5.41, 5.74) is 1.87. The van der Waals surface area contributed by atoms with Gasteiger partial charge in [-0.3, -0.25) is 9.90 Å². The predicted molar refractivity (Wildman–Crippen MR) is 130 cm³/mol. The van der Waals surface area contributed by atoms with E-state index in [1.165, 1.54) is 8.87 Å². The van der Waals surface area contributed by atoms with E-state index in [9.17, 15) is 13.2 Å². The van der Waals surface area contributed by atoms with Crippen LogP contribution in [0.15, 0.2) is 53.4 Å². The lowest BCUT2D eigenvalue weighted by molar-refractivity contribution is 0.0547. The van der Waals surface area contributed by atoms with Gasteiger partial charge in [0, 0.05) is 30.6 Å². The highest BCUT2D eigenvalue weighted by Crippen LogP contribution is 2.39. The van der Waals surface area contributed by atoms with E-state index in [1.807, 2.05) is 51.1 Å². The fourth-order valence-electron chi connectivity index (χ4n) is 4.27. The van der Waals surface area contributed by atoms with E-state index in [4.69, 9.17) is 9.57 Å². The molecule has 5 rings (SSSR count). The molecule has 0 spiro atoms. The molecular weight excluding hydrogens is 454 g/mol. The van der Waals surface area contributed by atoms with Crippen LogP contribution in [0.25, 0.3) is 22.2 Å². The smallest absolute Gasteiger partial charge is 0.419 e. The van der Waals surface area contributed by atoms with Crippen molar-refractivity contribution in [2.24, 2.45) is 0 Å². The Morgan fingerprint density at radius 2 is 1.76 bits per heavy atom. The number of sulfonamides is 1. The van der Waals surface area contributed by atoms with Gasteiger partial charge in [0.2, 0.25) is 10.0 Å². The summed E-state index contributed by atoms with van der Waals surface area (Å²) in [5, 5.41) is 2.62. The minimum atomic E-state index is -3.62. The molecule has 0 amide bonds. The van der Waals surface area contributed by atoms with Gasteiger partial charge < -0.3 is 4.74 Å². The minimum absolute atomic E-state index is 0.200. The first-order valence-electron chi connectivity index (χ1n) is 11.5. The Balaban J connectivity index is 1.73. The number of hydrogen-bond donors (Lipinski definition) is 0. The van der Waals surface area contributed by atoms with Gasteiger partial charge in [-0.2, -0.15) is 4.31 Å². The number of anilines is 1. The maximum atomic E-state index is 13.4. The van der Waals surface area contributed by atoms with Crippen LogP contribution in [-0.4, -0.2) is 55.2 Å². The Hall–Kier alpha value is -2.88. The number of carbonyl (C=O) groups excluding carboxylic acids is 1. The Bertz CT molecular complexity index is 1350. The van der Waals surface area contributed by atoms with Gasteiger partial charge in [0.25, 0.3) is 0 Å². The summed E-state index contributed by atoms with van der Waals surface area (Å²) >= 11 is 0. The molecule has 0 atom stereocenters. The molecule has 0 N–H and O–H groups in total. The first-order valence-corrected chi connectivity index (χ1v) is 13.0. The Morgan fingerprint density at radius 3 is 2.41 bits per heavy atom. The number of benzene rings is 2. The number of rotatable bonds is 4. The first kappa shape index (κ1) is 22.9. The number of hydrogen-bond acceptors (Lipinski definition) is 6. The summed E-state index contributed by atoms with van der Waals surface area (Å²) in [7, 11) is -3.62. The fraction of sp³-hybridized carbons (Fsp3) is 0.400. The summed E-state index contributed by atoms with van der Waals surface area (Å²) in [6.45, 7) is 7.76. The second kappa shape index (κ2) is 8.41. The van der Waals surface area contributed by atoms with Gasteiger partial charge in [0.1, 0.15) is 5.60 Å². The van der Waals surface area contributed by atoms with Crippen molar-refractivity contribution in [3.63, 3.8) is 0 Å². The van der Waals surface area contributed by atoms with E-state index in [0.717, 1.165) is 18.2 Å². The molecule has 8 nitrogen and oxygen atoms in total. The highest BCUT2D eigenvalue weighted by atomic mass is 32.2. The summed E-state index contributed by atoms with van der Waals surface area (Å²) in [6.07, 6.45) is 1.20. The van der Waals surface area contributed by atoms with E-state index < -0.39 is 21.7 Å². The third-order valence-electron chi connectivity index (χ3n) is 6.00. The van der Waals surface area contributed by atoms with Gasteiger partial charge in [-0.15, -0.1) is 0 Å². The quantitative estimate of drug-likeness (QED) is 0.538. The van der Waals surface area contributed by atoms with Crippen LogP contribution in [0.2, 0.25) is 0 Å². The standard InChI is InChI=1S/C25H29N3O5S/c1-25(2,3)33-24(29)28-21-9-5-4-8-18(21)16-23(28)20-17-19(34(30,31)26-12-6-13-26)10-11-22(20)27-14-7-15-32-27/h4-5,8-11,16-17H,6-7,12-15H2,1-3H3. The van der Waals surface area contributed by atoms with E-state index >= 15 is 0 Å². The average molecular weight is 484 g/mol. The van der Waals surface area contributed by atoms with Gasteiger partial charge in [-0.1, -0.05) is 18.2 Å². The van der Waals surface area contributed by atoms with Gasteiger partial charge >= 0.3 is 6.09 Å². The number of fused-ring (bicyclic) bond motifs is 1. The Labute approximate surface area is 199 Å². The lowest BCUT2D eigenvalue weighted by Crippen LogP contribution is -2.41. The van der Waals surface area contributed by atoms with E-state index in [1.54, 1.807) is 23.3 Å². The normalized spacial score (nSPS) is 17.2. The van der Waals surface area contributed by atoms with Gasteiger partial charge in [0.15, 0.2) is 0 Å². The summed E-state index contributed by atoms with van der Waals surface area (Å²) in [5.74, 6) is 0. The number of para-hydroxylation sites is 1. The zero-order valence-electron chi connectivity index (χ0n) is 19.7. The third kappa shape index (κ3) is 4.08. The number of aromatic nitrogens is 1. The molecule has 0 unspecified atom stereocenters. The molecule has 1 aromatic heterocycles. The van der Waals surface area contributed by atoms with Crippen LogP contribution in [0, 0.1) is 0 Å². The number of nitrogens with zero attached hydrogens (tertiary/aromatic N) is 3. The number of ether oxygens (including phenoxy) is 1. The zero-order chi connectivity index (χ0) is 24.1. The van der Waals surface area contributed by atoms with Crippen LogP contribution >= 0.6 is 0 Å². The van der Waals surface area contributed by atoms with Crippen LogP contribution in [0.1, 0.15) is 33.6 Å². The second-order valence-electron chi connectivity index (χ2n) is 9.63. The molecule has 180 valence electrons. The van der Waals surface area contributed by atoms with E-state index in [2.05, 4.69) is 0 Å². The van der Waals surface area contributed by atoms with Crippen molar-refractivity contribution in [1.29, 1.82) is 0 Å². The maximum absolute atomic E-state index is 13.4. The molecule has 3 heterocycles. The van der Waals surface area contributed by atoms with Gasteiger partial charge in [-0.25, -0.2) is 17.8 Å². The largest absolute Gasteiger partial charge is 0.443 e. The first-order chi connectivity index (χ1) is 16.1. The SMILES string of the molecule is CC(C)(C)OC(=O)n1c(-c2cc(S(=O)(=O)N3CCC3)ccc2N2CCCO2)cc2ccccc21. The Morgan fingerprint density at radius 1 is 1.00 bits per heavy atom. The summed E-state index contributed by atoms with van der Waals surface area (Å²) in [6, 6.07) is 14.5. The lowest BCUT2D eigenvalue weighted by atomic mass is 10.1. The monoisotopic (exact) mass is 483 g/mol. The molecule has 0 saturated carbocycles. The molecule has 0 bridgehead atoms. The van der Waals surface area contributed by atoms with Crippen molar-refractivity contribution >= 4 is 32.7 Å². The van der Waals surface area contributed by atoms with E-state index in [0.29, 0.717) is 48.7 Å². The molecule has 2 aliphatic rings. The van der Waals surface area contributed by atoms with Crippen molar-refractivity contribution in [3.05, 3.63) is 48.5 Å². The molecule has 34 heavy (non-hydrogen) atoms. The molecule has 0 aliphatic carbocycles. The molecular formula is C25H29N3O5S. The van der Waals surface area contributed by atoms with Crippen molar-refractivity contribution in [2.45, 2.75) is 44.1 Å². The highest BCUT2D eigenvalue weighted by molar-refractivity contribution is 7.89. The van der Waals surface area contributed by atoms with Crippen LogP contribution in [0.5, 0.6) is 0 Å². The predicted octanol–water partition coefficient (Wildman–Crippen LogP) is 4.63. The van der Waals surface area contributed by atoms with Crippen molar-refractivity contribution in [1.82, 2.24) is 8.87 Å². The molecule has 2 fully saturated rings. The third-order valence-corrected chi connectivity index (χ3v) is 7.90. The fourth-order valence-corrected chi connectivity index (χ4v) is 5.81. The molecule has 2 saturated heterocycles. The van der Waals surface area contributed by atoms with Crippen molar-refractivity contribution < 1.29 is 22.8 Å². The van der Waals surface area contributed by atoms with Gasteiger partial charge in [-0.05, 0) is 63.9 Å². The number of hydroxylamine groups is 1. The topological polar surface area (TPSA) is 81.1 Å². The minimum Gasteiger partial charge on any atom is -0.443 e. The summed E-state index contributed by atoms with van der Waals surface area (Å²) in [4.78, 5) is 19.4. The molecule has 0 radical (unpaired) electrons. The van der Waals surface area contributed by atoms with Crippen molar-refractivity contribution in [2.75, 3.05) is 31.3 Å². The van der Waals surface area contributed by atoms with Crippen LogP contribution in [0.3, 0.4) is 0 Å². The molecule has 3 aromatic rings. The van der Waals surface area contributed by atoms with Gasteiger partial charge in [0.05, 0.1) is 28.4 Å². The van der Waals surface area contributed by atoms with Crippen molar-refractivity contribution in [3.8, 4) is 11.3 Å². The molecule has 2 aliphatic heterocycles. The average Bonchev–Trinajstić information content (AvgIpc) is 3.38. The molecule has 9 heteroatoms. The zero-order valence-corrected chi connectivity index (χ0v) is 20.5. The van der Waals surface area contributed by atoms with Crippen LogP contribution in [0.4, 0.5) is 10.5 Å². The maximum Gasteiger partial charge on any atom is 0.419 e. The summed E-state index contributed by atoms with van der Waals surface area (Å²) < 4.78 is 35.1. The lowest BCUT2D eigenvalue weighted by Gasteiger charge is -2.30.